The van der Waals surface area contributed by atoms with E-state index in [-0.39, 0.29) is 5.88 Å². The Morgan fingerprint density at radius 1 is 1.24 bits per heavy atom. The number of alkyl halides is 1. The lowest BCUT2D eigenvalue weighted by atomic mass is 10.2. The molecule has 1 aromatic carbocycles. The van der Waals surface area contributed by atoms with E-state index in [4.69, 9.17) is 11.6 Å². The Hall–Kier alpha value is -0.620. The third-order valence-corrected chi connectivity index (χ3v) is 7.28. The van der Waals surface area contributed by atoms with Gasteiger partial charge in [0.1, 0.15) is 4.90 Å². The summed E-state index contributed by atoms with van der Waals surface area (Å²) in [6, 6.07) is 7.59. The maximum atomic E-state index is 13.0. The van der Waals surface area contributed by atoms with E-state index in [1.807, 2.05) is 31.2 Å². The van der Waals surface area contributed by atoms with Crippen molar-refractivity contribution in [2.75, 3.05) is 13.1 Å². The highest BCUT2D eigenvalue weighted by atomic mass is 35.5. The molecule has 0 radical (unpaired) electrons. The molecular weight excluding hydrogens is 326 g/mol. The van der Waals surface area contributed by atoms with E-state index in [9.17, 15) is 8.42 Å². The molecule has 21 heavy (non-hydrogen) atoms. The van der Waals surface area contributed by atoms with Crippen molar-refractivity contribution in [3.8, 4) is 0 Å². The topological polar surface area (TPSA) is 37.4 Å². The largest absolute Gasteiger partial charge is 0.244 e. The minimum atomic E-state index is -3.49. The van der Waals surface area contributed by atoms with Crippen molar-refractivity contribution in [1.82, 2.24) is 4.31 Å². The predicted molar refractivity (Wildman–Crippen MR) is 90.7 cm³/mol. The summed E-state index contributed by atoms with van der Waals surface area (Å²) in [5.74, 6) is 0.221. The van der Waals surface area contributed by atoms with E-state index in [0.29, 0.717) is 18.0 Å². The second kappa shape index (κ2) is 7.09. The van der Waals surface area contributed by atoms with Crippen LogP contribution in [0.25, 0.3) is 10.1 Å². The third kappa shape index (κ3) is 3.26. The summed E-state index contributed by atoms with van der Waals surface area (Å²) < 4.78 is 28.5. The van der Waals surface area contributed by atoms with Gasteiger partial charge in [0, 0.05) is 28.1 Å². The van der Waals surface area contributed by atoms with Crippen LogP contribution in [0.4, 0.5) is 0 Å². The van der Waals surface area contributed by atoms with Gasteiger partial charge < -0.3 is 0 Å². The summed E-state index contributed by atoms with van der Waals surface area (Å²) in [4.78, 5) is 1.13. The molecule has 0 fully saturated rings. The zero-order chi connectivity index (χ0) is 15.5. The van der Waals surface area contributed by atoms with Crippen molar-refractivity contribution in [3.05, 3.63) is 29.1 Å². The van der Waals surface area contributed by atoms with Crippen LogP contribution in [0.15, 0.2) is 29.2 Å². The molecule has 0 aliphatic rings. The van der Waals surface area contributed by atoms with Gasteiger partial charge in [0.25, 0.3) is 0 Å². The minimum Gasteiger partial charge on any atom is -0.207 e. The van der Waals surface area contributed by atoms with Gasteiger partial charge in [-0.1, -0.05) is 38.5 Å². The smallest absolute Gasteiger partial charge is 0.207 e. The zero-order valence-electron chi connectivity index (χ0n) is 12.3. The van der Waals surface area contributed by atoms with Crippen LogP contribution in [0, 0.1) is 0 Å². The zero-order valence-corrected chi connectivity index (χ0v) is 14.7. The van der Waals surface area contributed by atoms with Gasteiger partial charge in [-0.3, -0.25) is 0 Å². The molecule has 0 unspecified atom stereocenters. The molecule has 3 nitrogen and oxygen atoms in total. The van der Waals surface area contributed by atoms with E-state index in [0.717, 1.165) is 27.8 Å². The number of hydrogen-bond acceptors (Lipinski definition) is 3. The standard InChI is InChI=1S/C15H20ClNO2S2/c1-3-5-10-17(4-2)21(18,19)15-12-8-6-7-9-13(12)20-14(15)11-16/h6-9H,3-5,10-11H2,1-2H3. The number of halogens is 1. The van der Waals surface area contributed by atoms with Crippen LogP contribution in [0.5, 0.6) is 0 Å². The lowest BCUT2D eigenvalue weighted by molar-refractivity contribution is 0.419. The van der Waals surface area contributed by atoms with Gasteiger partial charge in [-0.25, -0.2) is 8.42 Å². The molecule has 2 rings (SSSR count). The first kappa shape index (κ1) is 16.7. The number of benzene rings is 1. The van der Waals surface area contributed by atoms with E-state index in [1.54, 1.807) is 4.31 Å². The summed E-state index contributed by atoms with van der Waals surface area (Å²) in [5.41, 5.74) is 0. The Balaban J connectivity index is 2.57. The normalized spacial score (nSPS) is 12.4. The lowest BCUT2D eigenvalue weighted by Crippen LogP contribution is -2.32. The molecule has 0 spiro atoms. The molecule has 1 aromatic heterocycles. The molecule has 0 bridgehead atoms. The highest BCUT2D eigenvalue weighted by Gasteiger charge is 2.29. The minimum absolute atomic E-state index is 0.221. The quantitative estimate of drug-likeness (QED) is 0.695. The van der Waals surface area contributed by atoms with Crippen LogP contribution in [0.2, 0.25) is 0 Å². The molecule has 2 aromatic rings. The summed E-state index contributed by atoms with van der Waals surface area (Å²) in [7, 11) is -3.49. The summed E-state index contributed by atoms with van der Waals surface area (Å²) in [6.45, 7) is 4.97. The molecule has 0 N–H and O–H groups in total. The van der Waals surface area contributed by atoms with Gasteiger partial charge in [0.05, 0.1) is 5.88 Å². The summed E-state index contributed by atoms with van der Waals surface area (Å²) >= 11 is 7.45. The fourth-order valence-electron chi connectivity index (χ4n) is 2.36. The number of unbranched alkanes of at least 4 members (excludes halogenated alkanes) is 1. The van der Waals surface area contributed by atoms with Crippen LogP contribution in [-0.2, 0) is 15.9 Å². The van der Waals surface area contributed by atoms with Crippen molar-refractivity contribution >= 4 is 43.0 Å². The van der Waals surface area contributed by atoms with E-state index in [2.05, 4.69) is 6.92 Å². The van der Waals surface area contributed by atoms with Gasteiger partial charge in [-0.15, -0.1) is 22.9 Å². The molecule has 0 amide bonds. The molecular formula is C15H20ClNO2S2. The Bertz CT molecular complexity index is 710. The van der Waals surface area contributed by atoms with Crippen molar-refractivity contribution < 1.29 is 8.42 Å². The van der Waals surface area contributed by atoms with Crippen LogP contribution < -0.4 is 0 Å². The first-order chi connectivity index (χ1) is 10.1. The van der Waals surface area contributed by atoms with Crippen molar-refractivity contribution in [2.45, 2.75) is 37.5 Å². The highest BCUT2D eigenvalue weighted by Crippen LogP contribution is 2.37. The monoisotopic (exact) mass is 345 g/mol. The number of thiophene rings is 1. The first-order valence-electron chi connectivity index (χ1n) is 7.12. The Labute approximate surface area is 135 Å². The number of rotatable bonds is 7. The number of nitrogens with zero attached hydrogens (tertiary/aromatic N) is 1. The Kier molecular flexibility index (Phi) is 5.66. The maximum absolute atomic E-state index is 13.0. The predicted octanol–water partition coefficient (Wildman–Crippen LogP) is 4.45. The lowest BCUT2D eigenvalue weighted by Gasteiger charge is -2.20. The molecule has 0 aliphatic carbocycles. The van der Waals surface area contributed by atoms with Gasteiger partial charge in [0.2, 0.25) is 10.0 Å². The SMILES string of the molecule is CCCCN(CC)S(=O)(=O)c1c(CCl)sc2ccccc12. The van der Waals surface area contributed by atoms with Gasteiger partial charge in [0.15, 0.2) is 0 Å². The fourth-order valence-corrected chi connectivity index (χ4v) is 5.97. The van der Waals surface area contributed by atoms with Crippen molar-refractivity contribution in [1.29, 1.82) is 0 Å². The van der Waals surface area contributed by atoms with Crippen LogP contribution in [0.1, 0.15) is 31.6 Å². The summed E-state index contributed by atoms with van der Waals surface area (Å²) in [6.07, 6.45) is 1.84. The molecule has 0 saturated carbocycles. The van der Waals surface area contributed by atoms with E-state index < -0.39 is 10.0 Å². The number of sulfonamides is 1. The molecule has 1 heterocycles. The van der Waals surface area contributed by atoms with Gasteiger partial charge in [-0.2, -0.15) is 4.31 Å². The average molecular weight is 346 g/mol. The average Bonchev–Trinajstić information content (AvgIpc) is 2.87. The van der Waals surface area contributed by atoms with Crippen LogP contribution >= 0.6 is 22.9 Å². The number of fused-ring (bicyclic) bond motifs is 1. The van der Waals surface area contributed by atoms with Gasteiger partial charge >= 0.3 is 0 Å². The van der Waals surface area contributed by atoms with Gasteiger partial charge in [-0.05, 0) is 12.5 Å². The second-order valence-electron chi connectivity index (χ2n) is 4.83. The molecule has 6 heteroatoms. The second-order valence-corrected chi connectivity index (χ2v) is 8.11. The molecule has 0 saturated heterocycles. The first-order valence-corrected chi connectivity index (χ1v) is 9.91. The molecule has 0 aliphatic heterocycles. The molecule has 0 atom stereocenters. The Morgan fingerprint density at radius 2 is 1.95 bits per heavy atom. The van der Waals surface area contributed by atoms with Crippen LogP contribution in [-0.4, -0.2) is 25.8 Å². The highest BCUT2D eigenvalue weighted by molar-refractivity contribution is 7.89. The fraction of sp³-hybridized carbons (Fsp3) is 0.467. The van der Waals surface area contributed by atoms with Crippen LogP contribution in [0.3, 0.4) is 0 Å². The maximum Gasteiger partial charge on any atom is 0.244 e. The number of hydrogen-bond donors (Lipinski definition) is 0. The van der Waals surface area contributed by atoms with Crippen molar-refractivity contribution in [3.63, 3.8) is 0 Å². The third-order valence-electron chi connectivity index (χ3n) is 3.45. The van der Waals surface area contributed by atoms with E-state index in [1.165, 1.54) is 11.3 Å². The van der Waals surface area contributed by atoms with E-state index >= 15 is 0 Å². The van der Waals surface area contributed by atoms with Crippen molar-refractivity contribution in [2.24, 2.45) is 0 Å². The molecule has 116 valence electrons. The Morgan fingerprint density at radius 3 is 2.57 bits per heavy atom. The summed E-state index contributed by atoms with van der Waals surface area (Å²) in [5, 5.41) is 0.785.